The van der Waals surface area contributed by atoms with Crippen LogP contribution in [-0.4, -0.2) is 43.7 Å². The van der Waals surface area contributed by atoms with Crippen LogP contribution in [0.25, 0.3) is 0 Å². The lowest BCUT2D eigenvalue weighted by Gasteiger charge is -2.24. The predicted octanol–water partition coefficient (Wildman–Crippen LogP) is 3.09. The molecule has 1 aromatic carbocycles. The van der Waals surface area contributed by atoms with Gasteiger partial charge in [-0.15, -0.1) is 0 Å². The van der Waals surface area contributed by atoms with E-state index >= 15 is 0 Å². The van der Waals surface area contributed by atoms with Crippen molar-refractivity contribution in [2.45, 2.75) is 51.6 Å². The number of nitrogens with zero attached hydrogens (tertiary/aromatic N) is 1. The van der Waals surface area contributed by atoms with Crippen molar-refractivity contribution in [2.75, 3.05) is 26.7 Å². The van der Waals surface area contributed by atoms with Crippen molar-refractivity contribution in [2.24, 2.45) is 0 Å². The summed E-state index contributed by atoms with van der Waals surface area (Å²) in [5.74, 6) is 0.953. The number of hydrogen-bond acceptors (Lipinski definition) is 3. The molecule has 0 aromatic heterocycles. The molecule has 21 heavy (non-hydrogen) atoms. The summed E-state index contributed by atoms with van der Waals surface area (Å²) >= 11 is 0. The van der Waals surface area contributed by atoms with Gasteiger partial charge >= 0.3 is 0 Å². The molecule has 1 fully saturated rings. The van der Waals surface area contributed by atoms with E-state index in [2.05, 4.69) is 42.3 Å². The number of methoxy groups -OCH3 is 1. The molecule has 1 aliphatic rings. The molecule has 1 heterocycles. The van der Waals surface area contributed by atoms with E-state index in [0.717, 1.165) is 18.7 Å². The molecule has 0 amide bonds. The average molecular weight is 290 g/mol. The molecular formula is C18H30N2O. The number of ether oxygens (including phenoxy) is 1. The Morgan fingerprint density at radius 1 is 1.29 bits per heavy atom. The predicted molar refractivity (Wildman–Crippen MR) is 89.0 cm³/mol. The Bertz CT molecular complexity index is 419. The van der Waals surface area contributed by atoms with Gasteiger partial charge < -0.3 is 15.0 Å². The summed E-state index contributed by atoms with van der Waals surface area (Å²) < 4.78 is 5.28. The lowest BCUT2D eigenvalue weighted by Crippen LogP contribution is -2.34. The Balaban J connectivity index is 1.73. The van der Waals surface area contributed by atoms with E-state index in [-0.39, 0.29) is 0 Å². The fourth-order valence-electron chi connectivity index (χ4n) is 3.09. The van der Waals surface area contributed by atoms with Crippen LogP contribution in [0.4, 0.5) is 0 Å². The zero-order chi connectivity index (χ0) is 15.1. The van der Waals surface area contributed by atoms with Crippen LogP contribution in [0.1, 0.15) is 38.7 Å². The van der Waals surface area contributed by atoms with Crippen LogP contribution in [-0.2, 0) is 6.42 Å². The molecular weight excluding hydrogens is 260 g/mol. The fourth-order valence-corrected chi connectivity index (χ4v) is 3.09. The molecule has 0 radical (unpaired) electrons. The molecule has 118 valence electrons. The summed E-state index contributed by atoms with van der Waals surface area (Å²) in [6.45, 7) is 8.15. The van der Waals surface area contributed by atoms with Crippen LogP contribution < -0.4 is 10.1 Å². The second kappa shape index (κ2) is 8.40. The van der Waals surface area contributed by atoms with Crippen molar-refractivity contribution in [3.63, 3.8) is 0 Å². The van der Waals surface area contributed by atoms with Crippen LogP contribution in [0.5, 0.6) is 5.75 Å². The molecule has 1 atom stereocenters. The van der Waals surface area contributed by atoms with Crippen LogP contribution in [0.2, 0.25) is 0 Å². The third-order valence-corrected chi connectivity index (χ3v) is 4.47. The van der Waals surface area contributed by atoms with E-state index in [1.54, 1.807) is 7.11 Å². The smallest absolute Gasteiger partial charge is 0.119 e. The monoisotopic (exact) mass is 290 g/mol. The van der Waals surface area contributed by atoms with Crippen LogP contribution in [0, 0.1) is 0 Å². The molecule has 1 aromatic rings. The summed E-state index contributed by atoms with van der Waals surface area (Å²) in [5, 5.41) is 3.74. The first-order valence-electron chi connectivity index (χ1n) is 8.29. The van der Waals surface area contributed by atoms with Gasteiger partial charge in [0.25, 0.3) is 0 Å². The van der Waals surface area contributed by atoms with Gasteiger partial charge in [0.1, 0.15) is 5.75 Å². The highest BCUT2D eigenvalue weighted by atomic mass is 16.5. The molecule has 0 saturated carbocycles. The molecule has 0 aliphatic carbocycles. The zero-order valence-corrected chi connectivity index (χ0v) is 13.8. The molecule has 3 heteroatoms. The molecule has 3 nitrogen and oxygen atoms in total. The van der Waals surface area contributed by atoms with E-state index < -0.39 is 0 Å². The van der Waals surface area contributed by atoms with Gasteiger partial charge in [0.2, 0.25) is 0 Å². The zero-order valence-electron chi connectivity index (χ0n) is 13.8. The fraction of sp³-hybridized carbons (Fsp3) is 0.667. The molecule has 2 rings (SSSR count). The normalized spacial score (nSPS) is 20.5. The summed E-state index contributed by atoms with van der Waals surface area (Å²) in [4.78, 5) is 2.60. The van der Waals surface area contributed by atoms with Crippen molar-refractivity contribution < 1.29 is 4.74 Å². The number of hydrogen-bond donors (Lipinski definition) is 1. The minimum absolute atomic E-state index is 0.680. The first-order chi connectivity index (χ1) is 10.2. The van der Waals surface area contributed by atoms with Crippen LogP contribution >= 0.6 is 0 Å². The first kappa shape index (κ1) is 16.3. The van der Waals surface area contributed by atoms with Gasteiger partial charge in [-0.05, 0) is 76.9 Å². The Labute approximate surface area is 129 Å². The van der Waals surface area contributed by atoms with Crippen molar-refractivity contribution in [1.82, 2.24) is 10.2 Å². The third-order valence-electron chi connectivity index (χ3n) is 4.47. The van der Waals surface area contributed by atoms with Crippen molar-refractivity contribution in [1.29, 1.82) is 0 Å². The highest BCUT2D eigenvalue weighted by molar-refractivity contribution is 5.28. The second-order valence-electron chi connectivity index (χ2n) is 6.31. The van der Waals surface area contributed by atoms with Crippen LogP contribution in [0.15, 0.2) is 24.3 Å². The lowest BCUT2D eigenvalue weighted by molar-refractivity contribution is 0.229. The minimum Gasteiger partial charge on any atom is -0.497 e. The number of benzene rings is 1. The van der Waals surface area contributed by atoms with E-state index in [1.165, 1.54) is 37.9 Å². The lowest BCUT2D eigenvalue weighted by atomic mass is 10.1. The quantitative estimate of drug-likeness (QED) is 0.871. The Kier molecular flexibility index (Phi) is 6.52. The van der Waals surface area contributed by atoms with E-state index in [9.17, 15) is 0 Å². The molecule has 1 unspecified atom stereocenters. The van der Waals surface area contributed by atoms with Crippen molar-refractivity contribution in [3.05, 3.63) is 29.8 Å². The van der Waals surface area contributed by atoms with E-state index in [0.29, 0.717) is 12.1 Å². The molecule has 0 spiro atoms. The maximum atomic E-state index is 5.28. The summed E-state index contributed by atoms with van der Waals surface area (Å²) in [6, 6.07) is 9.75. The summed E-state index contributed by atoms with van der Waals surface area (Å²) in [5.41, 5.74) is 1.35. The largest absolute Gasteiger partial charge is 0.497 e. The maximum absolute atomic E-state index is 5.28. The van der Waals surface area contributed by atoms with Gasteiger partial charge in [0.05, 0.1) is 7.11 Å². The average Bonchev–Trinajstić information content (AvgIpc) is 2.73. The number of likely N-dealkylation sites (tertiary alicyclic amines) is 1. The van der Waals surface area contributed by atoms with Crippen molar-refractivity contribution >= 4 is 0 Å². The molecule has 1 saturated heterocycles. The highest BCUT2D eigenvalue weighted by Crippen LogP contribution is 2.15. The first-order valence-corrected chi connectivity index (χ1v) is 8.29. The molecule has 1 aliphatic heterocycles. The SMILES string of the molecule is COc1cccc(CCNC2CCCN(C(C)C)CC2)c1. The Hall–Kier alpha value is -1.06. The van der Waals surface area contributed by atoms with Gasteiger partial charge in [-0.3, -0.25) is 0 Å². The summed E-state index contributed by atoms with van der Waals surface area (Å²) in [7, 11) is 1.73. The topological polar surface area (TPSA) is 24.5 Å². The standard InChI is InChI=1S/C18H30N2O/c1-15(2)20-12-5-7-17(10-13-20)19-11-9-16-6-4-8-18(14-16)21-3/h4,6,8,14-15,17,19H,5,7,9-13H2,1-3H3. The number of nitrogens with one attached hydrogen (secondary N) is 1. The van der Waals surface area contributed by atoms with Gasteiger partial charge in [-0.2, -0.15) is 0 Å². The van der Waals surface area contributed by atoms with E-state index in [4.69, 9.17) is 4.74 Å². The van der Waals surface area contributed by atoms with Gasteiger partial charge in [0, 0.05) is 12.1 Å². The van der Waals surface area contributed by atoms with Gasteiger partial charge in [-0.25, -0.2) is 0 Å². The summed E-state index contributed by atoms with van der Waals surface area (Å²) in [6.07, 6.45) is 4.97. The second-order valence-corrected chi connectivity index (χ2v) is 6.31. The van der Waals surface area contributed by atoms with Gasteiger partial charge in [0.15, 0.2) is 0 Å². The number of rotatable bonds is 6. The van der Waals surface area contributed by atoms with Gasteiger partial charge in [-0.1, -0.05) is 12.1 Å². The van der Waals surface area contributed by atoms with Crippen LogP contribution in [0.3, 0.4) is 0 Å². The molecule has 1 N–H and O–H groups in total. The Morgan fingerprint density at radius 3 is 2.90 bits per heavy atom. The highest BCUT2D eigenvalue weighted by Gasteiger charge is 2.17. The minimum atomic E-state index is 0.680. The van der Waals surface area contributed by atoms with E-state index in [1.807, 2.05) is 6.07 Å². The maximum Gasteiger partial charge on any atom is 0.119 e. The Morgan fingerprint density at radius 2 is 2.14 bits per heavy atom. The van der Waals surface area contributed by atoms with Crippen molar-refractivity contribution in [3.8, 4) is 5.75 Å². The molecule has 0 bridgehead atoms. The third kappa shape index (κ3) is 5.33.